The van der Waals surface area contributed by atoms with Crippen molar-refractivity contribution in [3.05, 3.63) is 46.2 Å². The third-order valence-electron chi connectivity index (χ3n) is 4.64. The summed E-state index contributed by atoms with van der Waals surface area (Å²) in [6.07, 6.45) is 0.493. The van der Waals surface area contributed by atoms with E-state index in [1.165, 1.54) is 4.90 Å². The number of aryl methyl sites for hydroxylation is 1. The van der Waals surface area contributed by atoms with Crippen molar-refractivity contribution in [3.8, 4) is 5.69 Å². The molecule has 1 atom stereocenters. The molecule has 134 valence electrons. The number of halogens is 1. The number of hydrogen-bond acceptors (Lipinski definition) is 4. The van der Waals surface area contributed by atoms with Crippen LogP contribution in [0.3, 0.4) is 0 Å². The summed E-state index contributed by atoms with van der Waals surface area (Å²) in [4.78, 5) is 14.1. The normalized spacial score (nSPS) is 19.1. The van der Waals surface area contributed by atoms with Crippen LogP contribution in [-0.4, -0.2) is 53.6 Å². The van der Waals surface area contributed by atoms with E-state index in [0.717, 1.165) is 17.1 Å². The largest absolute Gasteiger partial charge is 0.338 e. The van der Waals surface area contributed by atoms with E-state index < -0.39 is 9.84 Å². The van der Waals surface area contributed by atoms with Gasteiger partial charge in [-0.2, -0.15) is 5.10 Å². The van der Waals surface area contributed by atoms with E-state index in [1.54, 1.807) is 23.9 Å². The molecular weight excluding hydrogens is 362 g/mol. The Morgan fingerprint density at radius 1 is 1.28 bits per heavy atom. The molecule has 0 aliphatic carbocycles. The van der Waals surface area contributed by atoms with E-state index >= 15 is 0 Å². The van der Waals surface area contributed by atoms with E-state index in [9.17, 15) is 13.2 Å². The van der Waals surface area contributed by atoms with Gasteiger partial charge in [-0.15, -0.1) is 0 Å². The van der Waals surface area contributed by atoms with Crippen molar-refractivity contribution in [2.45, 2.75) is 26.3 Å². The average molecular weight is 382 g/mol. The first-order valence-corrected chi connectivity index (χ1v) is 10.2. The molecule has 0 spiro atoms. The summed E-state index contributed by atoms with van der Waals surface area (Å²) in [6.45, 7) is 3.73. The van der Waals surface area contributed by atoms with Crippen molar-refractivity contribution in [1.82, 2.24) is 14.7 Å². The van der Waals surface area contributed by atoms with Gasteiger partial charge in [-0.05, 0) is 44.5 Å². The van der Waals surface area contributed by atoms with Crippen LogP contribution in [0.1, 0.15) is 28.2 Å². The zero-order valence-electron chi connectivity index (χ0n) is 14.4. The molecule has 1 aromatic heterocycles. The molecule has 25 heavy (non-hydrogen) atoms. The zero-order chi connectivity index (χ0) is 18.4. The lowest BCUT2D eigenvalue weighted by Gasteiger charge is -2.23. The van der Waals surface area contributed by atoms with E-state index in [1.807, 2.05) is 26.0 Å². The topological polar surface area (TPSA) is 72.3 Å². The van der Waals surface area contributed by atoms with Crippen LogP contribution >= 0.6 is 11.6 Å². The predicted octanol–water partition coefficient (Wildman–Crippen LogP) is 2.40. The summed E-state index contributed by atoms with van der Waals surface area (Å²) in [6, 6.07) is 6.81. The Morgan fingerprint density at radius 3 is 2.40 bits per heavy atom. The molecule has 1 aromatic carbocycles. The summed E-state index contributed by atoms with van der Waals surface area (Å²) in [5.41, 5.74) is 2.92. The fraction of sp³-hybridized carbons (Fsp3) is 0.412. The minimum atomic E-state index is -3.02. The summed E-state index contributed by atoms with van der Waals surface area (Å²) in [5, 5.41) is 5.02. The molecule has 1 unspecified atom stereocenters. The Bertz CT molecular complexity index is 919. The predicted molar refractivity (Wildman–Crippen MR) is 97.2 cm³/mol. The molecule has 0 saturated carbocycles. The molecular formula is C17H20ClN3O3S. The molecule has 6 nitrogen and oxygen atoms in total. The van der Waals surface area contributed by atoms with E-state index in [4.69, 9.17) is 11.6 Å². The van der Waals surface area contributed by atoms with Crippen LogP contribution < -0.4 is 0 Å². The van der Waals surface area contributed by atoms with Gasteiger partial charge in [0.2, 0.25) is 0 Å². The summed E-state index contributed by atoms with van der Waals surface area (Å²) >= 11 is 6.17. The van der Waals surface area contributed by atoms with Gasteiger partial charge in [-0.3, -0.25) is 4.79 Å². The first kappa shape index (κ1) is 17.9. The van der Waals surface area contributed by atoms with Gasteiger partial charge in [-0.25, -0.2) is 13.1 Å². The van der Waals surface area contributed by atoms with Gasteiger partial charge in [0.15, 0.2) is 9.84 Å². The fourth-order valence-electron chi connectivity index (χ4n) is 3.07. The summed E-state index contributed by atoms with van der Waals surface area (Å²) in [7, 11) is -1.37. The highest BCUT2D eigenvalue weighted by Crippen LogP contribution is 2.23. The number of amides is 1. The molecule has 1 fully saturated rings. The lowest BCUT2D eigenvalue weighted by atomic mass is 10.1. The molecule has 2 aromatic rings. The monoisotopic (exact) mass is 381 g/mol. The van der Waals surface area contributed by atoms with Crippen molar-refractivity contribution in [2.24, 2.45) is 0 Å². The van der Waals surface area contributed by atoms with Gasteiger partial charge in [0, 0.05) is 18.7 Å². The van der Waals surface area contributed by atoms with Crippen LogP contribution in [0, 0.1) is 13.8 Å². The van der Waals surface area contributed by atoms with Crippen LogP contribution in [0.4, 0.5) is 0 Å². The van der Waals surface area contributed by atoms with Gasteiger partial charge in [0.05, 0.1) is 33.6 Å². The van der Waals surface area contributed by atoms with Crippen LogP contribution in [0.2, 0.25) is 5.02 Å². The molecule has 1 aliphatic rings. The highest BCUT2D eigenvalue weighted by atomic mass is 35.5. The van der Waals surface area contributed by atoms with Gasteiger partial charge in [-0.1, -0.05) is 11.6 Å². The van der Waals surface area contributed by atoms with Crippen LogP contribution in [-0.2, 0) is 9.84 Å². The van der Waals surface area contributed by atoms with Gasteiger partial charge >= 0.3 is 0 Å². The maximum absolute atomic E-state index is 12.6. The molecule has 1 saturated heterocycles. The first-order valence-electron chi connectivity index (χ1n) is 7.99. The second-order valence-electron chi connectivity index (χ2n) is 6.42. The van der Waals surface area contributed by atoms with Crippen molar-refractivity contribution in [1.29, 1.82) is 0 Å². The average Bonchev–Trinajstić information content (AvgIpc) is 3.08. The van der Waals surface area contributed by atoms with Gasteiger partial charge in [0.25, 0.3) is 5.91 Å². The van der Waals surface area contributed by atoms with E-state index in [0.29, 0.717) is 17.0 Å². The number of hydrogen-bond donors (Lipinski definition) is 0. The zero-order valence-corrected chi connectivity index (χ0v) is 15.9. The van der Waals surface area contributed by atoms with Crippen LogP contribution in [0.25, 0.3) is 5.69 Å². The second kappa shape index (κ2) is 6.46. The number of carbonyl (C=O) groups is 1. The molecule has 2 heterocycles. The third-order valence-corrected chi connectivity index (χ3v) is 6.94. The maximum Gasteiger partial charge on any atom is 0.253 e. The molecule has 3 rings (SSSR count). The Labute approximate surface area is 152 Å². The molecule has 0 N–H and O–H groups in total. The number of benzene rings is 1. The maximum atomic E-state index is 12.6. The van der Waals surface area contributed by atoms with Crippen molar-refractivity contribution in [3.63, 3.8) is 0 Å². The number of rotatable bonds is 3. The minimum absolute atomic E-state index is 0.0393. The minimum Gasteiger partial charge on any atom is -0.338 e. The SMILES string of the molecule is Cc1nn(-c2ccc(C(=O)N(C)C3CCS(=O)(=O)C3)cc2)c(C)c1Cl. The Kier molecular flexibility index (Phi) is 4.64. The van der Waals surface area contributed by atoms with Gasteiger partial charge < -0.3 is 4.90 Å². The number of nitrogens with zero attached hydrogens (tertiary/aromatic N) is 3. The quantitative estimate of drug-likeness (QED) is 0.818. The van der Waals surface area contributed by atoms with Crippen molar-refractivity contribution < 1.29 is 13.2 Å². The smallest absolute Gasteiger partial charge is 0.253 e. The third kappa shape index (κ3) is 3.43. The Balaban J connectivity index is 1.80. The highest BCUT2D eigenvalue weighted by Gasteiger charge is 2.33. The lowest BCUT2D eigenvalue weighted by Crippen LogP contribution is -2.37. The highest BCUT2D eigenvalue weighted by molar-refractivity contribution is 7.91. The van der Waals surface area contributed by atoms with Gasteiger partial charge in [0.1, 0.15) is 0 Å². The number of carbonyl (C=O) groups excluding carboxylic acids is 1. The first-order chi connectivity index (χ1) is 11.7. The van der Waals surface area contributed by atoms with Crippen molar-refractivity contribution in [2.75, 3.05) is 18.6 Å². The standard InChI is InChI=1S/C17H20ClN3O3S/c1-11-16(18)12(2)21(19-11)14-6-4-13(5-7-14)17(22)20(3)15-8-9-25(23,24)10-15/h4-7,15H,8-10H2,1-3H3. The molecule has 0 bridgehead atoms. The van der Waals surface area contributed by atoms with E-state index in [2.05, 4.69) is 5.10 Å². The molecule has 0 radical (unpaired) electrons. The Hall–Kier alpha value is -1.86. The number of sulfone groups is 1. The van der Waals surface area contributed by atoms with Crippen LogP contribution in [0.5, 0.6) is 0 Å². The summed E-state index contributed by atoms with van der Waals surface area (Å²) < 4.78 is 25.0. The van der Waals surface area contributed by atoms with Crippen molar-refractivity contribution >= 4 is 27.3 Å². The fourth-order valence-corrected chi connectivity index (χ4v) is 4.96. The Morgan fingerprint density at radius 2 is 1.92 bits per heavy atom. The second-order valence-corrected chi connectivity index (χ2v) is 9.02. The molecule has 1 aliphatic heterocycles. The van der Waals surface area contributed by atoms with E-state index in [-0.39, 0.29) is 23.5 Å². The van der Waals surface area contributed by atoms with Crippen LogP contribution in [0.15, 0.2) is 24.3 Å². The molecule has 1 amide bonds. The summed E-state index contributed by atoms with van der Waals surface area (Å²) in [5.74, 6) is 0.00450. The number of aromatic nitrogens is 2. The molecule has 8 heteroatoms. The lowest BCUT2D eigenvalue weighted by molar-refractivity contribution is 0.0747.